The Morgan fingerprint density at radius 2 is 1.54 bits per heavy atom. The number of hydrogen-bond acceptors (Lipinski definition) is 3. The predicted molar refractivity (Wildman–Crippen MR) is 105 cm³/mol. The Hall–Kier alpha value is -2.94. The van der Waals surface area contributed by atoms with Crippen LogP contribution in [0.3, 0.4) is 0 Å². The summed E-state index contributed by atoms with van der Waals surface area (Å²) in [6.07, 6.45) is 1.02. The summed E-state index contributed by atoms with van der Waals surface area (Å²) in [5.74, 6) is 1.71. The molecule has 4 rings (SSSR count). The quantitative estimate of drug-likeness (QED) is 0.654. The van der Waals surface area contributed by atoms with Gasteiger partial charge in [0.2, 0.25) is 0 Å². The fourth-order valence-corrected chi connectivity index (χ4v) is 3.31. The number of ether oxygens (including phenoxy) is 2. The first kappa shape index (κ1) is 16.5. The summed E-state index contributed by atoms with van der Waals surface area (Å²) < 4.78 is 12.1. The summed E-state index contributed by atoms with van der Waals surface area (Å²) in [6.45, 7) is 2.76. The van der Waals surface area contributed by atoms with Crippen LogP contribution in [0.1, 0.15) is 30.6 Å². The fourth-order valence-electron chi connectivity index (χ4n) is 3.31. The van der Waals surface area contributed by atoms with E-state index in [0.29, 0.717) is 12.6 Å². The van der Waals surface area contributed by atoms with Crippen LogP contribution in [-0.2, 0) is 6.61 Å². The average Bonchev–Trinajstić information content (AvgIpc) is 2.68. The van der Waals surface area contributed by atoms with E-state index in [9.17, 15) is 0 Å². The van der Waals surface area contributed by atoms with E-state index in [1.54, 1.807) is 0 Å². The lowest BCUT2D eigenvalue weighted by molar-refractivity contribution is 0.185. The Labute approximate surface area is 154 Å². The second kappa shape index (κ2) is 7.52. The van der Waals surface area contributed by atoms with Crippen molar-refractivity contribution in [2.45, 2.75) is 32.1 Å². The highest BCUT2D eigenvalue weighted by molar-refractivity contribution is 5.55. The molecule has 2 unspecified atom stereocenters. The Bertz CT molecular complexity index is 846. The normalized spacial score (nSPS) is 18.5. The first-order valence-electron chi connectivity index (χ1n) is 9.07. The minimum Gasteiger partial charge on any atom is -0.489 e. The fraction of sp³-hybridized carbons (Fsp3) is 0.217. The molecule has 0 aliphatic carbocycles. The van der Waals surface area contributed by atoms with Crippen molar-refractivity contribution in [1.29, 1.82) is 0 Å². The van der Waals surface area contributed by atoms with Gasteiger partial charge in [-0.2, -0.15) is 0 Å². The lowest BCUT2D eigenvalue weighted by atomic mass is 9.96. The molecular formula is C23H23NO2. The minimum atomic E-state index is 0.0681. The van der Waals surface area contributed by atoms with Crippen LogP contribution in [-0.4, -0.2) is 6.04 Å². The van der Waals surface area contributed by atoms with Crippen LogP contribution in [0, 0.1) is 0 Å². The molecule has 0 spiro atoms. The van der Waals surface area contributed by atoms with Gasteiger partial charge < -0.3 is 14.8 Å². The van der Waals surface area contributed by atoms with E-state index in [1.807, 2.05) is 42.5 Å². The Morgan fingerprint density at radius 3 is 2.35 bits per heavy atom. The summed E-state index contributed by atoms with van der Waals surface area (Å²) in [7, 11) is 0. The van der Waals surface area contributed by atoms with Gasteiger partial charge in [-0.25, -0.2) is 0 Å². The Morgan fingerprint density at radius 1 is 0.846 bits per heavy atom. The van der Waals surface area contributed by atoms with E-state index in [2.05, 4.69) is 48.6 Å². The summed E-state index contributed by atoms with van der Waals surface area (Å²) in [5, 5.41) is 3.52. The van der Waals surface area contributed by atoms with Crippen molar-refractivity contribution in [3.8, 4) is 11.5 Å². The number of benzene rings is 3. The molecule has 2 atom stereocenters. The highest BCUT2D eigenvalue weighted by Crippen LogP contribution is 2.36. The van der Waals surface area contributed by atoms with Gasteiger partial charge in [0.1, 0.15) is 24.2 Å². The Kier molecular flexibility index (Phi) is 4.78. The Balaban J connectivity index is 1.41. The predicted octanol–water partition coefficient (Wildman–Crippen LogP) is 5.59. The van der Waals surface area contributed by atoms with Crippen LogP contribution >= 0.6 is 0 Å². The van der Waals surface area contributed by atoms with Crippen molar-refractivity contribution < 1.29 is 9.47 Å². The molecule has 3 nitrogen and oxygen atoms in total. The molecule has 0 aromatic heterocycles. The largest absolute Gasteiger partial charge is 0.489 e. The molecule has 0 saturated heterocycles. The average molecular weight is 345 g/mol. The molecular weight excluding hydrogens is 322 g/mol. The second-order valence-electron chi connectivity index (χ2n) is 6.72. The molecule has 132 valence electrons. The van der Waals surface area contributed by atoms with Gasteiger partial charge in [-0.15, -0.1) is 0 Å². The van der Waals surface area contributed by atoms with E-state index in [4.69, 9.17) is 9.47 Å². The van der Waals surface area contributed by atoms with Gasteiger partial charge in [-0.1, -0.05) is 48.5 Å². The van der Waals surface area contributed by atoms with Gasteiger partial charge in [-0.3, -0.25) is 0 Å². The van der Waals surface area contributed by atoms with E-state index < -0.39 is 0 Å². The van der Waals surface area contributed by atoms with E-state index in [1.165, 1.54) is 11.3 Å². The first-order chi connectivity index (χ1) is 12.8. The summed E-state index contributed by atoms with van der Waals surface area (Å²) in [4.78, 5) is 0. The maximum absolute atomic E-state index is 6.27. The molecule has 1 aliphatic rings. The monoisotopic (exact) mass is 345 g/mol. The van der Waals surface area contributed by atoms with Crippen LogP contribution in [0.25, 0.3) is 0 Å². The zero-order valence-electron chi connectivity index (χ0n) is 14.9. The second-order valence-corrected chi connectivity index (χ2v) is 6.72. The van der Waals surface area contributed by atoms with Crippen molar-refractivity contribution in [3.05, 3.63) is 90.0 Å². The van der Waals surface area contributed by atoms with Crippen molar-refractivity contribution >= 4 is 5.69 Å². The van der Waals surface area contributed by atoms with Crippen LogP contribution in [0.2, 0.25) is 0 Å². The molecule has 0 amide bonds. The zero-order chi connectivity index (χ0) is 17.8. The molecule has 0 radical (unpaired) electrons. The van der Waals surface area contributed by atoms with Gasteiger partial charge in [0.05, 0.1) is 0 Å². The summed E-state index contributed by atoms with van der Waals surface area (Å²) >= 11 is 0. The smallest absolute Gasteiger partial charge is 0.128 e. The molecule has 1 N–H and O–H groups in total. The molecule has 0 saturated carbocycles. The number of fused-ring (bicyclic) bond motifs is 1. The number of para-hydroxylation sites is 1. The molecule has 1 aliphatic heterocycles. The standard InChI is InChI=1S/C23H23NO2/c1-17-15-23(21-9-5-6-10-22(21)24-17)26-20-13-11-19(12-14-20)25-16-18-7-3-2-4-8-18/h2-14,17,23-24H,15-16H2,1H3. The number of rotatable bonds is 5. The van der Waals surface area contributed by atoms with Crippen LogP contribution in [0.15, 0.2) is 78.9 Å². The molecule has 0 fully saturated rings. The van der Waals surface area contributed by atoms with Gasteiger partial charge in [0, 0.05) is 23.7 Å². The molecule has 1 heterocycles. The minimum absolute atomic E-state index is 0.0681. The van der Waals surface area contributed by atoms with Crippen molar-refractivity contribution in [1.82, 2.24) is 0 Å². The van der Waals surface area contributed by atoms with Gasteiger partial charge >= 0.3 is 0 Å². The van der Waals surface area contributed by atoms with Gasteiger partial charge in [0.15, 0.2) is 0 Å². The van der Waals surface area contributed by atoms with Crippen LogP contribution < -0.4 is 14.8 Å². The summed E-state index contributed by atoms with van der Waals surface area (Å²) in [5.41, 5.74) is 3.54. The van der Waals surface area contributed by atoms with Crippen LogP contribution in [0.4, 0.5) is 5.69 Å². The molecule has 3 heteroatoms. The topological polar surface area (TPSA) is 30.5 Å². The first-order valence-corrected chi connectivity index (χ1v) is 9.07. The highest BCUT2D eigenvalue weighted by Gasteiger charge is 2.25. The number of nitrogens with one attached hydrogen (secondary N) is 1. The van der Waals surface area contributed by atoms with E-state index >= 15 is 0 Å². The highest BCUT2D eigenvalue weighted by atomic mass is 16.5. The maximum Gasteiger partial charge on any atom is 0.128 e. The van der Waals surface area contributed by atoms with Gasteiger partial charge in [-0.05, 0) is 42.8 Å². The maximum atomic E-state index is 6.27. The van der Waals surface area contributed by atoms with Crippen molar-refractivity contribution in [2.75, 3.05) is 5.32 Å². The van der Waals surface area contributed by atoms with E-state index in [-0.39, 0.29) is 6.10 Å². The number of hydrogen-bond donors (Lipinski definition) is 1. The third kappa shape index (κ3) is 3.83. The van der Waals surface area contributed by atoms with E-state index in [0.717, 1.165) is 23.5 Å². The third-order valence-corrected chi connectivity index (χ3v) is 4.63. The zero-order valence-corrected chi connectivity index (χ0v) is 14.9. The molecule has 3 aromatic carbocycles. The molecule has 0 bridgehead atoms. The lowest BCUT2D eigenvalue weighted by Crippen LogP contribution is -2.27. The summed E-state index contributed by atoms with van der Waals surface area (Å²) in [6, 6.07) is 26.8. The third-order valence-electron chi connectivity index (χ3n) is 4.63. The SMILES string of the molecule is CC1CC(Oc2ccc(OCc3ccccc3)cc2)c2ccccc2N1. The molecule has 26 heavy (non-hydrogen) atoms. The van der Waals surface area contributed by atoms with Crippen molar-refractivity contribution in [2.24, 2.45) is 0 Å². The lowest BCUT2D eigenvalue weighted by Gasteiger charge is -2.31. The number of anilines is 1. The van der Waals surface area contributed by atoms with Gasteiger partial charge in [0.25, 0.3) is 0 Å². The van der Waals surface area contributed by atoms with Crippen molar-refractivity contribution in [3.63, 3.8) is 0 Å². The van der Waals surface area contributed by atoms with Crippen LogP contribution in [0.5, 0.6) is 11.5 Å². The molecule has 3 aromatic rings.